The minimum atomic E-state index is -0.965. The van der Waals surface area contributed by atoms with E-state index in [-0.39, 0.29) is 22.6 Å². The van der Waals surface area contributed by atoms with Crippen LogP contribution in [0.1, 0.15) is 29.7 Å². The third kappa shape index (κ3) is 4.34. The number of carbonyl (C=O) groups is 2. The summed E-state index contributed by atoms with van der Waals surface area (Å²) >= 11 is 1.10. The molecule has 2 unspecified atom stereocenters. The first kappa shape index (κ1) is 24.8. The molecule has 9 heteroatoms. The number of halogens is 1. The van der Waals surface area contributed by atoms with E-state index in [1.807, 2.05) is 6.92 Å². The van der Waals surface area contributed by atoms with Crippen LogP contribution in [0.25, 0.3) is 16.0 Å². The zero-order valence-electron chi connectivity index (χ0n) is 20.9. The van der Waals surface area contributed by atoms with Crippen LogP contribution in [0.5, 0.6) is 11.5 Å². The van der Waals surface area contributed by atoms with Crippen molar-refractivity contribution in [1.82, 2.24) is 4.98 Å². The Hall–Kier alpha value is -4.50. The summed E-state index contributed by atoms with van der Waals surface area (Å²) < 4.78 is 25.8. The van der Waals surface area contributed by atoms with Crippen LogP contribution in [0.4, 0.5) is 9.52 Å². The van der Waals surface area contributed by atoms with Crippen LogP contribution >= 0.6 is 11.3 Å². The second kappa shape index (κ2) is 9.67. The van der Waals surface area contributed by atoms with E-state index in [1.54, 1.807) is 48.5 Å². The Morgan fingerprint density at radius 2 is 2.00 bits per heavy atom. The zero-order chi connectivity index (χ0) is 27.3. The monoisotopic (exact) mass is 542 g/mol. The molecule has 196 valence electrons. The first-order valence-corrected chi connectivity index (χ1v) is 13.2. The Morgan fingerprint density at radius 1 is 1.21 bits per heavy atom. The summed E-state index contributed by atoms with van der Waals surface area (Å²) in [5, 5.41) is 11.7. The number of aliphatic hydroxyl groups excluding tert-OH is 1. The van der Waals surface area contributed by atoms with Gasteiger partial charge in [0.1, 0.15) is 35.8 Å². The molecule has 1 saturated heterocycles. The summed E-state index contributed by atoms with van der Waals surface area (Å²) in [6, 6.07) is 15.3. The Kier molecular flexibility index (Phi) is 6.15. The van der Waals surface area contributed by atoms with Gasteiger partial charge in [0, 0.05) is 12.0 Å². The van der Waals surface area contributed by atoms with Gasteiger partial charge in [-0.3, -0.25) is 14.5 Å². The summed E-state index contributed by atoms with van der Waals surface area (Å²) in [6.45, 7) is 5.92. The number of aliphatic hydroxyl groups is 1. The number of carbonyl (C=O) groups excluding carboxylic acids is 2. The molecule has 2 atom stereocenters. The molecule has 0 saturated carbocycles. The first-order chi connectivity index (χ1) is 18.8. The van der Waals surface area contributed by atoms with Gasteiger partial charge < -0.3 is 14.6 Å². The minimum Gasteiger partial charge on any atom is -0.507 e. The number of ether oxygens (including phenoxy) is 2. The van der Waals surface area contributed by atoms with Gasteiger partial charge in [-0.1, -0.05) is 36.1 Å². The molecule has 0 bridgehead atoms. The maximum Gasteiger partial charge on any atom is 0.301 e. The van der Waals surface area contributed by atoms with Gasteiger partial charge in [-0.15, -0.1) is 0 Å². The molecule has 2 aliphatic heterocycles. The van der Waals surface area contributed by atoms with E-state index in [4.69, 9.17) is 9.47 Å². The van der Waals surface area contributed by atoms with Crippen molar-refractivity contribution < 1.29 is 28.6 Å². The van der Waals surface area contributed by atoms with E-state index in [1.165, 1.54) is 23.1 Å². The van der Waals surface area contributed by atoms with Crippen molar-refractivity contribution in [1.29, 1.82) is 0 Å². The number of amides is 1. The fourth-order valence-electron chi connectivity index (χ4n) is 4.96. The Labute approximate surface area is 227 Å². The Morgan fingerprint density at radius 3 is 2.77 bits per heavy atom. The number of aromatic nitrogens is 1. The molecule has 0 radical (unpaired) electrons. The number of benzene rings is 3. The molecule has 0 spiro atoms. The van der Waals surface area contributed by atoms with Gasteiger partial charge in [-0.2, -0.15) is 0 Å². The van der Waals surface area contributed by atoms with Gasteiger partial charge in [-0.25, -0.2) is 9.37 Å². The van der Waals surface area contributed by atoms with Crippen LogP contribution in [0, 0.1) is 5.82 Å². The number of Topliss-reactive ketones (excluding diaryl/α,β-unsaturated/α-hetero) is 1. The average molecular weight is 543 g/mol. The van der Waals surface area contributed by atoms with Crippen LogP contribution in [0.15, 0.2) is 78.9 Å². The van der Waals surface area contributed by atoms with Crippen LogP contribution in [-0.2, 0) is 16.0 Å². The molecule has 1 N–H and O–H groups in total. The van der Waals surface area contributed by atoms with Gasteiger partial charge in [-0.05, 0) is 66.6 Å². The molecule has 39 heavy (non-hydrogen) atoms. The second-order valence-electron chi connectivity index (χ2n) is 9.40. The van der Waals surface area contributed by atoms with Gasteiger partial charge in [0.25, 0.3) is 5.78 Å². The summed E-state index contributed by atoms with van der Waals surface area (Å²) in [6.07, 6.45) is 2.30. The molecule has 1 fully saturated rings. The average Bonchev–Trinajstić information content (AvgIpc) is 3.59. The highest BCUT2D eigenvalue weighted by molar-refractivity contribution is 7.22. The van der Waals surface area contributed by atoms with E-state index in [0.29, 0.717) is 40.1 Å². The highest BCUT2D eigenvalue weighted by atomic mass is 32.1. The molecule has 4 aromatic rings. The Bertz CT molecular complexity index is 1680. The van der Waals surface area contributed by atoms with Gasteiger partial charge in [0.05, 0.1) is 21.8 Å². The lowest BCUT2D eigenvalue weighted by Crippen LogP contribution is -2.29. The van der Waals surface area contributed by atoms with E-state index in [2.05, 4.69) is 11.6 Å². The maximum atomic E-state index is 13.9. The smallest absolute Gasteiger partial charge is 0.301 e. The van der Waals surface area contributed by atoms with E-state index in [9.17, 15) is 19.1 Å². The predicted octanol–water partition coefficient (Wildman–Crippen LogP) is 5.95. The number of hydrogen-bond acceptors (Lipinski definition) is 7. The molecule has 6 rings (SSSR count). The number of thiazole rings is 1. The van der Waals surface area contributed by atoms with Crippen LogP contribution in [0.3, 0.4) is 0 Å². The van der Waals surface area contributed by atoms with E-state index < -0.39 is 23.5 Å². The number of nitrogens with zero attached hydrogens (tertiary/aromatic N) is 2. The first-order valence-electron chi connectivity index (χ1n) is 12.3. The lowest BCUT2D eigenvalue weighted by Gasteiger charge is -2.23. The predicted molar refractivity (Wildman–Crippen MR) is 147 cm³/mol. The van der Waals surface area contributed by atoms with Crippen molar-refractivity contribution in [3.8, 4) is 11.5 Å². The van der Waals surface area contributed by atoms with Crippen molar-refractivity contribution >= 4 is 44.1 Å². The highest BCUT2D eigenvalue weighted by Crippen LogP contribution is 2.45. The summed E-state index contributed by atoms with van der Waals surface area (Å²) in [4.78, 5) is 32.8. The summed E-state index contributed by atoms with van der Waals surface area (Å²) in [5.74, 6) is -1.07. The molecule has 3 aromatic carbocycles. The fraction of sp³-hybridized carbons (Fsp3) is 0.167. The number of ketones is 1. The van der Waals surface area contributed by atoms with Gasteiger partial charge >= 0.3 is 5.91 Å². The summed E-state index contributed by atoms with van der Waals surface area (Å²) in [5.41, 5.74) is 2.33. The maximum absolute atomic E-state index is 13.9. The molecule has 1 amide bonds. The SMILES string of the molecule is C=CCOc1ccc(C2/C(=C(\O)c3ccc4c(c3)CC(C)O4)C(=O)C(=O)N2c2nc3ccc(F)cc3s2)cc1. The normalized spacial score (nSPS) is 19.8. The molecule has 2 aliphatic rings. The molecule has 1 aromatic heterocycles. The standard InChI is InChI=1S/C30H23FN2O5S/c1-3-12-37-21-8-4-17(5-9-21)26-25(27(34)18-6-11-23-19(14-18)13-16(2)38-23)28(35)29(36)33(26)30-32-22-10-7-20(31)15-24(22)39-30/h3-11,14-16,26,34H,1,12-13H2,2H3/b27-25+. The quantitative estimate of drug-likeness (QED) is 0.140. The van der Waals surface area contributed by atoms with Gasteiger partial charge in [0.2, 0.25) is 0 Å². The highest BCUT2D eigenvalue weighted by Gasteiger charge is 2.48. The van der Waals surface area contributed by atoms with E-state index >= 15 is 0 Å². The third-order valence-corrected chi connectivity index (χ3v) is 7.74. The molecule has 7 nitrogen and oxygen atoms in total. The lowest BCUT2D eigenvalue weighted by atomic mass is 9.94. The van der Waals surface area contributed by atoms with Crippen LogP contribution in [-0.4, -0.2) is 34.5 Å². The minimum absolute atomic E-state index is 0.00803. The molecule has 3 heterocycles. The third-order valence-electron chi connectivity index (χ3n) is 6.72. The van der Waals surface area contributed by atoms with Crippen molar-refractivity contribution in [2.75, 3.05) is 11.5 Å². The van der Waals surface area contributed by atoms with Crippen molar-refractivity contribution in [3.63, 3.8) is 0 Å². The largest absolute Gasteiger partial charge is 0.507 e. The number of hydrogen-bond donors (Lipinski definition) is 1. The van der Waals surface area contributed by atoms with Crippen molar-refractivity contribution in [2.45, 2.75) is 25.5 Å². The molecule has 0 aliphatic carbocycles. The van der Waals surface area contributed by atoms with Crippen LogP contribution in [0.2, 0.25) is 0 Å². The Balaban J connectivity index is 1.50. The summed E-state index contributed by atoms with van der Waals surface area (Å²) in [7, 11) is 0. The second-order valence-corrected chi connectivity index (χ2v) is 10.4. The number of anilines is 1. The zero-order valence-corrected chi connectivity index (χ0v) is 21.7. The lowest BCUT2D eigenvalue weighted by molar-refractivity contribution is -0.132. The molecular formula is C30H23FN2O5S. The number of rotatable bonds is 6. The van der Waals surface area contributed by atoms with Crippen molar-refractivity contribution in [3.05, 3.63) is 101 Å². The number of fused-ring (bicyclic) bond motifs is 2. The topological polar surface area (TPSA) is 89.0 Å². The van der Waals surface area contributed by atoms with Gasteiger partial charge in [0.15, 0.2) is 5.13 Å². The van der Waals surface area contributed by atoms with Crippen molar-refractivity contribution in [2.24, 2.45) is 0 Å². The fourth-order valence-corrected chi connectivity index (χ4v) is 5.98. The molecular weight excluding hydrogens is 519 g/mol. The van der Waals surface area contributed by atoms with Crippen LogP contribution < -0.4 is 14.4 Å². The van der Waals surface area contributed by atoms with E-state index in [0.717, 1.165) is 22.6 Å².